The Balaban J connectivity index is 2.05. The van der Waals surface area contributed by atoms with Gasteiger partial charge in [-0.1, -0.05) is 0 Å². The number of hydrogen-bond donors (Lipinski definition) is 1. The molecule has 0 radical (unpaired) electrons. The first-order valence-electron chi connectivity index (χ1n) is 4.64. The van der Waals surface area contributed by atoms with E-state index >= 15 is 0 Å². The summed E-state index contributed by atoms with van der Waals surface area (Å²) >= 11 is 1.89. The molecule has 0 aromatic carbocycles. The number of thioether (sulfide) groups is 1. The van der Waals surface area contributed by atoms with Crippen LogP contribution in [-0.2, 0) is 4.74 Å². The Morgan fingerprint density at radius 3 is 3.08 bits per heavy atom. The molecule has 1 aliphatic rings. The minimum absolute atomic E-state index is 0.625. The second-order valence-corrected chi connectivity index (χ2v) is 4.34. The number of ether oxygens (including phenoxy) is 1. The molecular formula is C9H19NOS. The molecule has 0 spiro atoms. The van der Waals surface area contributed by atoms with Gasteiger partial charge in [0.2, 0.25) is 0 Å². The van der Waals surface area contributed by atoms with Crippen molar-refractivity contribution in [3.05, 3.63) is 0 Å². The lowest BCUT2D eigenvalue weighted by Gasteiger charge is -2.18. The van der Waals surface area contributed by atoms with Gasteiger partial charge >= 0.3 is 0 Å². The molecule has 1 rings (SSSR count). The van der Waals surface area contributed by atoms with Crippen LogP contribution in [0.4, 0.5) is 0 Å². The van der Waals surface area contributed by atoms with E-state index in [0.29, 0.717) is 6.04 Å². The minimum Gasteiger partial charge on any atom is -0.381 e. The van der Waals surface area contributed by atoms with Gasteiger partial charge in [-0.25, -0.2) is 0 Å². The second-order valence-electron chi connectivity index (χ2n) is 3.36. The third kappa shape index (κ3) is 3.33. The molecule has 1 aliphatic heterocycles. The summed E-state index contributed by atoms with van der Waals surface area (Å²) in [5, 5.41) is 3.52. The Morgan fingerprint density at radius 2 is 2.50 bits per heavy atom. The normalized spacial score (nSPS) is 26.0. The molecular weight excluding hydrogens is 170 g/mol. The Kier molecular flexibility index (Phi) is 5.04. The highest BCUT2D eigenvalue weighted by Gasteiger charge is 2.21. The third-order valence-corrected chi connectivity index (χ3v) is 3.06. The molecule has 0 bridgehead atoms. The van der Waals surface area contributed by atoms with Crippen molar-refractivity contribution in [3.8, 4) is 0 Å². The Hall–Kier alpha value is 0.270. The van der Waals surface area contributed by atoms with Crippen molar-refractivity contribution < 1.29 is 4.74 Å². The molecule has 1 fully saturated rings. The number of hydrogen-bond acceptors (Lipinski definition) is 3. The first-order chi connectivity index (χ1) is 5.84. The number of rotatable bonds is 5. The van der Waals surface area contributed by atoms with Gasteiger partial charge in [0.15, 0.2) is 0 Å². The van der Waals surface area contributed by atoms with Gasteiger partial charge in [0.05, 0.1) is 6.61 Å². The van der Waals surface area contributed by atoms with Crippen molar-refractivity contribution in [3.63, 3.8) is 0 Å². The molecule has 0 aromatic rings. The van der Waals surface area contributed by atoms with Gasteiger partial charge in [0, 0.05) is 24.9 Å². The zero-order chi connectivity index (χ0) is 8.81. The molecule has 72 valence electrons. The van der Waals surface area contributed by atoms with E-state index in [0.717, 1.165) is 25.7 Å². The SMILES string of the molecule is CSCCNC(C)C1CCOC1. The van der Waals surface area contributed by atoms with Crippen LogP contribution in [0.2, 0.25) is 0 Å². The van der Waals surface area contributed by atoms with Crippen LogP contribution in [-0.4, -0.2) is 37.8 Å². The number of nitrogens with one attached hydrogen (secondary N) is 1. The summed E-state index contributed by atoms with van der Waals surface area (Å²) < 4.78 is 5.34. The molecule has 2 unspecified atom stereocenters. The van der Waals surface area contributed by atoms with Gasteiger partial charge in [-0.3, -0.25) is 0 Å². The molecule has 2 nitrogen and oxygen atoms in total. The molecule has 1 N–H and O–H groups in total. The second kappa shape index (κ2) is 5.84. The van der Waals surface area contributed by atoms with E-state index in [-0.39, 0.29) is 0 Å². The highest BCUT2D eigenvalue weighted by molar-refractivity contribution is 7.98. The van der Waals surface area contributed by atoms with Crippen LogP contribution >= 0.6 is 11.8 Å². The third-order valence-electron chi connectivity index (χ3n) is 2.44. The van der Waals surface area contributed by atoms with E-state index in [1.807, 2.05) is 11.8 Å². The van der Waals surface area contributed by atoms with E-state index in [4.69, 9.17) is 4.74 Å². The zero-order valence-corrected chi connectivity index (χ0v) is 8.82. The minimum atomic E-state index is 0.625. The average molecular weight is 189 g/mol. The monoisotopic (exact) mass is 189 g/mol. The summed E-state index contributed by atoms with van der Waals surface area (Å²) in [4.78, 5) is 0. The summed E-state index contributed by atoms with van der Waals surface area (Å²) in [7, 11) is 0. The maximum Gasteiger partial charge on any atom is 0.0509 e. The van der Waals surface area contributed by atoms with Gasteiger partial charge < -0.3 is 10.1 Å². The quantitative estimate of drug-likeness (QED) is 0.660. The Morgan fingerprint density at radius 1 is 1.67 bits per heavy atom. The molecule has 3 heteroatoms. The van der Waals surface area contributed by atoms with Gasteiger partial charge in [-0.05, 0) is 25.5 Å². The lowest BCUT2D eigenvalue weighted by atomic mass is 10.0. The molecule has 0 aromatic heterocycles. The van der Waals surface area contributed by atoms with E-state index in [2.05, 4.69) is 18.5 Å². The van der Waals surface area contributed by atoms with Crippen molar-refractivity contribution in [2.24, 2.45) is 5.92 Å². The van der Waals surface area contributed by atoms with Crippen molar-refractivity contribution in [1.29, 1.82) is 0 Å². The van der Waals surface area contributed by atoms with Crippen LogP contribution in [0.1, 0.15) is 13.3 Å². The maximum atomic E-state index is 5.34. The van der Waals surface area contributed by atoms with E-state index in [1.165, 1.54) is 12.2 Å². The van der Waals surface area contributed by atoms with Crippen molar-refractivity contribution in [1.82, 2.24) is 5.32 Å². The highest BCUT2D eigenvalue weighted by Crippen LogP contribution is 2.16. The van der Waals surface area contributed by atoms with E-state index in [9.17, 15) is 0 Å². The molecule has 0 saturated carbocycles. The largest absolute Gasteiger partial charge is 0.381 e. The summed E-state index contributed by atoms with van der Waals surface area (Å²) in [6.45, 7) is 5.30. The van der Waals surface area contributed by atoms with Crippen LogP contribution in [0, 0.1) is 5.92 Å². The van der Waals surface area contributed by atoms with Crippen molar-refractivity contribution in [2.45, 2.75) is 19.4 Å². The Labute approximate surface area is 79.4 Å². The fraction of sp³-hybridized carbons (Fsp3) is 1.00. The Bertz CT molecular complexity index is 115. The van der Waals surface area contributed by atoms with Crippen molar-refractivity contribution >= 4 is 11.8 Å². The molecule has 0 amide bonds. The average Bonchev–Trinajstić information content (AvgIpc) is 2.56. The van der Waals surface area contributed by atoms with Gasteiger partial charge in [0.1, 0.15) is 0 Å². The van der Waals surface area contributed by atoms with Crippen LogP contribution in [0.5, 0.6) is 0 Å². The van der Waals surface area contributed by atoms with E-state index in [1.54, 1.807) is 0 Å². The fourth-order valence-corrected chi connectivity index (χ4v) is 1.82. The van der Waals surface area contributed by atoms with Crippen molar-refractivity contribution in [2.75, 3.05) is 31.8 Å². The lowest BCUT2D eigenvalue weighted by Crippen LogP contribution is -2.35. The van der Waals surface area contributed by atoms with Crippen LogP contribution in [0.25, 0.3) is 0 Å². The predicted molar refractivity (Wildman–Crippen MR) is 54.8 cm³/mol. The standard InChI is InChI=1S/C9H19NOS/c1-8(10-4-6-12-2)9-3-5-11-7-9/h8-10H,3-7H2,1-2H3. The smallest absolute Gasteiger partial charge is 0.0509 e. The lowest BCUT2D eigenvalue weighted by molar-refractivity contribution is 0.178. The fourth-order valence-electron chi connectivity index (χ4n) is 1.50. The zero-order valence-electron chi connectivity index (χ0n) is 8.01. The van der Waals surface area contributed by atoms with Crippen LogP contribution in [0.15, 0.2) is 0 Å². The topological polar surface area (TPSA) is 21.3 Å². The van der Waals surface area contributed by atoms with Gasteiger partial charge in [-0.2, -0.15) is 11.8 Å². The van der Waals surface area contributed by atoms with Gasteiger partial charge in [-0.15, -0.1) is 0 Å². The summed E-state index contributed by atoms with van der Waals surface area (Å²) in [5.74, 6) is 1.95. The van der Waals surface area contributed by atoms with Crippen LogP contribution in [0.3, 0.4) is 0 Å². The molecule has 12 heavy (non-hydrogen) atoms. The molecule has 1 saturated heterocycles. The molecule has 2 atom stereocenters. The molecule has 1 heterocycles. The first kappa shape index (κ1) is 10.4. The van der Waals surface area contributed by atoms with E-state index < -0.39 is 0 Å². The first-order valence-corrected chi connectivity index (χ1v) is 6.04. The van der Waals surface area contributed by atoms with Crippen LogP contribution < -0.4 is 5.32 Å². The summed E-state index contributed by atoms with van der Waals surface area (Å²) in [6, 6.07) is 0.625. The van der Waals surface area contributed by atoms with Gasteiger partial charge in [0.25, 0.3) is 0 Å². The molecule has 0 aliphatic carbocycles. The maximum absolute atomic E-state index is 5.34. The highest BCUT2D eigenvalue weighted by atomic mass is 32.2. The summed E-state index contributed by atoms with van der Waals surface area (Å²) in [6.07, 6.45) is 3.37. The summed E-state index contributed by atoms with van der Waals surface area (Å²) in [5.41, 5.74) is 0. The predicted octanol–water partition coefficient (Wildman–Crippen LogP) is 1.36.